The van der Waals surface area contributed by atoms with Crippen molar-refractivity contribution in [2.24, 2.45) is 0 Å². The molecule has 3 nitrogen and oxygen atoms in total. The molecule has 19 heavy (non-hydrogen) atoms. The molecule has 1 aromatic carbocycles. The number of likely N-dealkylation sites (N-methyl/N-ethyl adjacent to an activating group) is 2. The van der Waals surface area contributed by atoms with Gasteiger partial charge in [-0.15, -0.1) is 0 Å². The number of Topliss-reactive ketones (excluding diaryl/α,β-unsaturated/α-hetero) is 1. The van der Waals surface area contributed by atoms with Crippen LogP contribution in [-0.2, 0) is 6.42 Å². The fraction of sp³-hybridized carbons (Fsp3) is 0.562. The van der Waals surface area contributed by atoms with Gasteiger partial charge in [-0.05, 0) is 40.1 Å². The summed E-state index contributed by atoms with van der Waals surface area (Å²) in [6.45, 7) is 5.95. The van der Waals surface area contributed by atoms with Crippen LogP contribution in [0.25, 0.3) is 0 Å². The first kappa shape index (κ1) is 15.9. The van der Waals surface area contributed by atoms with Crippen molar-refractivity contribution in [3.8, 4) is 0 Å². The van der Waals surface area contributed by atoms with Gasteiger partial charge < -0.3 is 4.90 Å². The van der Waals surface area contributed by atoms with Crippen LogP contribution < -0.4 is 0 Å². The number of carbonyl (C=O) groups is 1. The minimum Gasteiger partial charge on any atom is -0.308 e. The van der Waals surface area contributed by atoms with E-state index in [1.54, 1.807) is 0 Å². The minimum absolute atomic E-state index is 0.0765. The third-order valence-electron chi connectivity index (χ3n) is 3.59. The van der Waals surface area contributed by atoms with Crippen LogP contribution in [0, 0.1) is 0 Å². The second kappa shape index (κ2) is 7.41. The van der Waals surface area contributed by atoms with Crippen molar-refractivity contribution in [3.05, 3.63) is 35.4 Å². The van der Waals surface area contributed by atoms with E-state index < -0.39 is 0 Å². The molecule has 0 radical (unpaired) electrons. The Morgan fingerprint density at radius 1 is 1.11 bits per heavy atom. The summed E-state index contributed by atoms with van der Waals surface area (Å²) >= 11 is 0. The first-order valence-corrected chi connectivity index (χ1v) is 6.93. The van der Waals surface area contributed by atoms with E-state index in [9.17, 15) is 4.79 Å². The van der Waals surface area contributed by atoms with Gasteiger partial charge in [0.1, 0.15) is 0 Å². The molecule has 0 aliphatic carbocycles. The van der Waals surface area contributed by atoms with Crippen LogP contribution in [0.4, 0.5) is 0 Å². The standard InChI is InChI=1S/C16H26N2O/c1-6-14-7-9-15(10-8-14)16(19)13(2)18(5)12-11-17(3)4/h7-10,13H,6,11-12H2,1-5H3. The number of benzene rings is 1. The number of rotatable bonds is 7. The van der Waals surface area contributed by atoms with Crippen molar-refractivity contribution < 1.29 is 4.79 Å². The van der Waals surface area contributed by atoms with E-state index in [1.165, 1.54) is 5.56 Å². The maximum atomic E-state index is 12.4. The Kier molecular flexibility index (Phi) is 6.19. The summed E-state index contributed by atoms with van der Waals surface area (Å²) < 4.78 is 0. The first-order chi connectivity index (χ1) is 8.95. The van der Waals surface area contributed by atoms with Crippen molar-refractivity contribution in [3.63, 3.8) is 0 Å². The third-order valence-corrected chi connectivity index (χ3v) is 3.59. The molecule has 0 saturated carbocycles. The monoisotopic (exact) mass is 262 g/mol. The molecule has 0 amide bonds. The predicted molar refractivity (Wildman–Crippen MR) is 80.8 cm³/mol. The Labute approximate surface area is 117 Å². The zero-order valence-corrected chi connectivity index (χ0v) is 12.8. The number of ketones is 1. The highest BCUT2D eigenvalue weighted by Crippen LogP contribution is 2.10. The van der Waals surface area contributed by atoms with Gasteiger partial charge in [-0.1, -0.05) is 31.2 Å². The average Bonchev–Trinajstić information content (AvgIpc) is 2.43. The molecule has 0 N–H and O–H groups in total. The third kappa shape index (κ3) is 4.77. The second-order valence-corrected chi connectivity index (χ2v) is 5.37. The van der Waals surface area contributed by atoms with Crippen molar-refractivity contribution in [1.82, 2.24) is 9.80 Å². The number of hydrogen-bond acceptors (Lipinski definition) is 3. The molecule has 1 unspecified atom stereocenters. The molecule has 106 valence electrons. The molecule has 0 fully saturated rings. The molecule has 0 aromatic heterocycles. The van der Waals surface area contributed by atoms with Gasteiger partial charge >= 0.3 is 0 Å². The van der Waals surface area contributed by atoms with Crippen LogP contribution in [0.3, 0.4) is 0 Å². The zero-order chi connectivity index (χ0) is 14.4. The summed E-state index contributed by atoms with van der Waals surface area (Å²) in [5, 5.41) is 0. The van der Waals surface area contributed by atoms with E-state index in [-0.39, 0.29) is 11.8 Å². The number of hydrogen-bond donors (Lipinski definition) is 0. The number of aryl methyl sites for hydroxylation is 1. The SMILES string of the molecule is CCc1ccc(C(=O)C(C)N(C)CCN(C)C)cc1. The molecular weight excluding hydrogens is 236 g/mol. The van der Waals surface area contributed by atoms with Crippen molar-refractivity contribution in [2.45, 2.75) is 26.3 Å². The molecular formula is C16H26N2O. The van der Waals surface area contributed by atoms with E-state index in [0.717, 1.165) is 25.1 Å². The predicted octanol–water partition coefficient (Wildman–Crippen LogP) is 2.31. The maximum Gasteiger partial charge on any atom is 0.179 e. The quantitative estimate of drug-likeness (QED) is 0.705. The lowest BCUT2D eigenvalue weighted by atomic mass is 10.0. The lowest BCUT2D eigenvalue weighted by Gasteiger charge is -2.25. The van der Waals surface area contributed by atoms with Crippen LogP contribution in [0.2, 0.25) is 0 Å². The van der Waals surface area contributed by atoms with Gasteiger partial charge in [0.2, 0.25) is 0 Å². The van der Waals surface area contributed by atoms with E-state index in [2.05, 4.69) is 16.7 Å². The van der Waals surface area contributed by atoms with Gasteiger partial charge in [0.15, 0.2) is 5.78 Å². The molecule has 0 heterocycles. The Bertz CT molecular complexity index is 398. The Morgan fingerprint density at radius 3 is 2.16 bits per heavy atom. The van der Waals surface area contributed by atoms with E-state index in [0.29, 0.717) is 0 Å². The number of nitrogens with zero attached hydrogens (tertiary/aromatic N) is 2. The van der Waals surface area contributed by atoms with Gasteiger partial charge in [-0.2, -0.15) is 0 Å². The highest BCUT2D eigenvalue weighted by molar-refractivity contribution is 5.99. The fourth-order valence-corrected chi connectivity index (χ4v) is 1.90. The van der Waals surface area contributed by atoms with Crippen molar-refractivity contribution in [1.29, 1.82) is 0 Å². The Hall–Kier alpha value is -1.19. The van der Waals surface area contributed by atoms with E-state index >= 15 is 0 Å². The molecule has 0 spiro atoms. The van der Waals surface area contributed by atoms with Crippen molar-refractivity contribution >= 4 is 5.78 Å². The highest BCUT2D eigenvalue weighted by atomic mass is 16.1. The molecule has 0 saturated heterocycles. The van der Waals surface area contributed by atoms with Gasteiger partial charge in [0.05, 0.1) is 6.04 Å². The lowest BCUT2D eigenvalue weighted by Crippen LogP contribution is -2.39. The summed E-state index contributed by atoms with van der Waals surface area (Å²) in [7, 11) is 6.10. The summed E-state index contributed by atoms with van der Waals surface area (Å²) in [5.41, 5.74) is 2.08. The molecule has 1 atom stereocenters. The van der Waals surface area contributed by atoms with E-state index in [1.807, 2.05) is 52.3 Å². The van der Waals surface area contributed by atoms with Gasteiger partial charge in [-0.3, -0.25) is 9.69 Å². The van der Waals surface area contributed by atoms with Crippen molar-refractivity contribution in [2.75, 3.05) is 34.2 Å². The minimum atomic E-state index is -0.0765. The van der Waals surface area contributed by atoms with Gasteiger partial charge in [0, 0.05) is 18.7 Å². The molecule has 1 aromatic rings. The summed E-state index contributed by atoms with van der Waals surface area (Å²) in [6, 6.07) is 7.89. The molecule has 0 bridgehead atoms. The molecule has 3 heteroatoms. The highest BCUT2D eigenvalue weighted by Gasteiger charge is 2.19. The van der Waals surface area contributed by atoms with Crippen LogP contribution in [0.5, 0.6) is 0 Å². The summed E-state index contributed by atoms with van der Waals surface area (Å²) in [6.07, 6.45) is 1.01. The Morgan fingerprint density at radius 2 is 1.68 bits per heavy atom. The summed E-state index contributed by atoms with van der Waals surface area (Å²) in [5.74, 6) is 0.198. The van der Waals surface area contributed by atoms with Gasteiger partial charge in [0.25, 0.3) is 0 Å². The zero-order valence-electron chi connectivity index (χ0n) is 12.8. The fourth-order valence-electron chi connectivity index (χ4n) is 1.90. The second-order valence-electron chi connectivity index (χ2n) is 5.37. The van der Waals surface area contributed by atoms with Gasteiger partial charge in [-0.25, -0.2) is 0 Å². The van der Waals surface area contributed by atoms with Crippen LogP contribution in [0.1, 0.15) is 29.8 Å². The van der Waals surface area contributed by atoms with Crippen LogP contribution >= 0.6 is 0 Å². The molecule has 0 aliphatic heterocycles. The largest absolute Gasteiger partial charge is 0.308 e. The summed E-state index contributed by atoms with van der Waals surface area (Å²) in [4.78, 5) is 16.6. The topological polar surface area (TPSA) is 23.6 Å². The maximum absolute atomic E-state index is 12.4. The first-order valence-electron chi connectivity index (χ1n) is 6.93. The average molecular weight is 262 g/mol. The normalized spacial score (nSPS) is 13.0. The van der Waals surface area contributed by atoms with E-state index in [4.69, 9.17) is 0 Å². The lowest BCUT2D eigenvalue weighted by molar-refractivity contribution is 0.0862. The molecule has 1 rings (SSSR count). The Balaban J connectivity index is 2.64. The smallest absolute Gasteiger partial charge is 0.179 e. The van der Waals surface area contributed by atoms with Crippen LogP contribution in [-0.4, -0.2) is 55.9 Å². The molecule has 0 aliphatic rings. The number of carbonyl (C=O) groups excluding carboxylic acids is 1. The van der Waals surface area contributed by atoms with Crippen LogP contribution in [0.15, 0.2) is 24.3 Å².